The first-order valence-electron chi connectivity index (χ1n) is 11.9. The fourth-order valence-corrected chi connectivity index (χ4v) is 4.51. The van der Waals surface area contributed by atoms with E-state index in [-0.39, 0.29) is 28.9 Å². The van der Waals surface area contributed by atoms with Crippen molar-refractivity contribution in [1.82, 2.24) is 30.1 Å². The number of hydrogen-bond donors (Lipinski definition) is 1. The number of aromatic nitrogens is 5. The molecule has 0 saturated heterocycles. The van der Waals surface area contributed by atoms with Gasteiger partial charge < -0.3 is 4.98 Å². The molecule has 0 bridgehead atoms. The average molecular weight is 477 g/mol. The highest BCUT2D eigenvalue weighted by atomic mass is 19.1. The first-order valence-corrected chi connectivity index (χ1v) is 11.9. The molecule has 2 aromatic carbocycles. The van der Waals surface area contributed by atoms with Gasteiger partial charge in [-0.2, -0.15) is 0 Å². The van der Waals surface area contributed by atoms with Crippen LogP contribution >= 0.6 is 0 Å². The summed E-state index contributed by atoms with van der Waals surface area (Å²) in [4.78, 5) is 18.3. The number of rotatable bonds is 7. The predicted molar refractivity (Wildman–Crippen MR) is 135 cm³/mol. The number of halogens is 1. The number of aryl methyl sites for hydroxylation is 1. The molecule has 0 saturated carbocycles. The van der Waals surface area contributed by atoms with Crippen LogP contribution in [0.2, 0.25) is 0 Å². The molecule has 0 aliphatic carbocycles. The summed E-state index contributed by atoms with van der Waals surface area (Å²) in [7, 11) is 0. The van der Waals surface area contributed by atoms with Gasteiger partial charge in [0.05, 0.1) is 11.6 Å². The van der Waals surface area contributed by atoms with Gasteiger partial charge in [0.15, 0.2) is 5.82 Å². The number of pyridine rings is 1. The summed E-state index contributed by atoms with van der Waals surface area (Å²) >= 11 is 0. The number of H-pyrrole nitrogens is 1. The van der Waals surface area contributed by atoms with Crippen LogP contribution in [0.1, 0.15) is 63.2 Å². The Kier molecular flexibility index (Phi) is 6.85. The maximum Gasteiger partial charge on any atom is 0.252 e. The van der Waals surface area contributed by atoms with Crippen molar-refractivity contribution in [2.75, 3.05) is 0 Å². The van der Waals surface area contributed by atoms with Crippen LogP contribution < -0.4 is 5.56 Å². The number of nitrogens with one attached hydrogen (secondary N) is 1. The molecule has 0 aliphatic heterocycles. The van der Waals surface area contributed by atoms with Crippen LogP contribution in [0.15, 0.2) is 53.3 Å². The summed E-state index contributed by atoms with van der Waals surface area (Å²) in [6.07, 6.45) is 0. The number of hydrogen-bond acceptors (Lipinski definition) is 5. The summed E-state index contributed by atoms with van der Waals surface area (Å²) in [5.74, 6) is 0.603. The summed E-state index contributed by atoms with van der Waals surface area (Å²) in [5, 5.41) is 13.7. The predicted octanol–water partition coefficient (Wildman–Crippen LogP) is 5.12. The zero-order valence-electron chi connectivity index (χ0n) is 21.2. The van der Waals surface area contributed by atoms with Crippen molar-refractivity contribution < 1.29 is 4.39 Å². The Morgan fingerprint density at radius 1 is 1.06 bits per heavy atom. The summed E-state index contributed by atoms with van der Waals surface area (Å²) in [6.45, 7) is 13.3. The van der Waals surface area contributed by atoms with Gasteiger partial charge in [0.25, 0.3) is 5.56 Å². The Balaban J connectivity index is 1.80. The van der Waals surface area contributed by atoms with E-state index in [2.05, 4.69) is 60.0 Å². The number of tetrazole rings is 1. The van der Waals surface area contributed by atoms with Gasteiger partial charge in [0, 0.05) is 24.2 Å². The minimum Gasteiger partial charge on any atom is -0.322 e. The van der Waals surface area contributed by atoms with E-state index >= 15 is 0 Å². The van der Waals surface area contributed by atoms with E-state index in [1.165, 1.54) is 12.1 Å². The molecule has 7 nitrogen and oxygen atoms in total. The van der Waals surface area contributed by atoms with Gasteiger partial charge in [-0.3, -0.25) is 9.69 Å². The lowest BCUT2D eigenvalue weighted by Gasteiger charge is -2.35. The first kappa shape index (κ1) is 24.7. The fourth-order valence-electron chi connectivity index (χ4n) is 4.51. The molecule has 0 spiro atoms. The van der Waals surface area contributed by atoms with Crippen LogP contribution in [0.25, 0.3) is 10.9 Å². The average Bonchev–Trinajstić information content (AvgIpc) is 3.25. The molecule has 1 unspecified atom stereocenters. The quantitative estimate of drug-likeness (QED) is 0.401. The third kappa shape index (κ3) is 5.48. The Morgan fingerprint density at radius 3 is 2.43 bits per heavy atom. The maximum atomic E-state index is 13.6. The van der Waals surface area contributed by atoms with E-state index in [0.717, 1.165) is 27.9 Å². The smallest absolute Gasteiger partial charge is 0.252 e. The lowest BCUT2D eigenvalue weighted by atomic mass is 9.98. The molecule has 35 heavy (non-hydrogen) atoms. The molecule has 2 heterocycles. The van der Waals surface area contributed by atoms with Gasteiger partial charge in [0.1, 0.15) is 5.82 Å². The van der Waals surface area contributed by atoms with Crippen molar-refractivity contribution in [3.8, 4) is 0 Å². The molecular weight excluding hydrogens is 443 g/mol. The van der Waals surface area contributed by atoms with Crippen LogP contribution in [-0.4, -0.2) is 30.1 Å². The third-order valence-corrected chi connectivity index (χ3v) is 6.17. The van der Waals surface area contributed by atoms with E-state index in [0.29, 0.717) is 18.7 Å². The summed E-state index contributed by atoms with van der Waals surface area (Å²) in [6, 6.07) is 14.3. The van der Waals surface area contributed by atoms with Crippen molar-refractivity contribution in [3.63, 3.8) is 0 Å². The lowest BCUT2D eigenvalue weighted by molar-refractivity contribution is 0.119. The normalized spacial score (nSPS) is 13.2. The van der Waals surface area contributed by atoms with Crippen LogP contribution in [-0.2, 0) is 18.6 Å². The zero-order chi connectivity index (χ0) is 25.3. The first-order chi connectivity index (χ1) is 16.5. The SMILES string of the molecule is Cc1ccc2cc(CN(Cc3ccc(F)cc3)C(c3nnnn3C(C)(C)C)C(C)C)c(=O)[nH]c2c1. The topological polar surface area (TPSA) is 79.7 Å². The van der Waals surface area contributed by atoms with Gasteiger partial charge in [-0.05, 0) is 84.8 Å². The highest BCUT2D eigenvalue weighted by Gasteiger charge is 2.33. The highest BCUT2D eigenvalue weighted by Crippen LogP contribution is 2.32. The summed E-state index contributed by atoms with van der Waals surface area (Å²) < 4.78 is 15.5. The van der Waals surface area contributed by atoms with Gasteiger partial charge >= 0.3 is 0 Å². The van der Waals surface area contributed by atoms with Crippen molar-refractivity contribution in [2.24, 2.45) is 5.92 Å². The van der Waals surface area contributed by atoms with Gasteiger partial charge in [-0.1, -0.05) is 38.1 Å². The molecule has 8 heteroatoms. The second-order valence-corrected chi connectivity index (χ2v) is 10.6. The Bertz CT molecular complexity index is 1370. The van der Waals surface area contributed by atoms with Crippen LogP contribution in [0.5, 0.6) is 0 Å². The largest absolute Gasteiger partial charge is 0.322 e. The zero-order valence-corrected chi connectivity index (χ0v) is 21.2. The molecule has 1 N–H and O–H groups in total. The molecular formula is C27H33FN6O. The second-order valence-electron chi connectivity index (χ2n) is 10.6. The number of aromatic amines is 1. The molecule has 0 aliphatic rings. The molecule has 184 valence electrons. The number of nitrogens with zero attached hydrogens (tertiary/aromatic N) is 5. The van der Waals surface area contributed by atoms with Gasteiger partial charge in [-0.15, -0.1) is 5.10 Å². The summed E-state index contributed by atoms with van der Waals surface area (Å²) in [5.41, 5.74) is 3.08. The van der Waals surface area contributed by atoms with Crippen molar-refractivity contribution in [3.05, 3.63) is 87.2 Å². The Hall–Kier alpha value is -3.39. The van der Waals surface area contributed by atoms with Crippen LogP contribution in [0, 0.1) is 18.7 Å². The van der Waals surface area contributed by atoms with E-state index in [4.69, 9.17) is 0 Å². The minimum absolute atomic E-state index is 0.120. The van der Waals surface area contributed by atoms with E-state index in [1.807, 2.05) is 35.9 Å². The van der Waals surface area contributed by atoms with E-state index in [9.17, 15) is 9.18 Å². The maximum absolute atomic E-state index is 13.6. The molecule has 4 aromatic rings. The fraction of sp³-hybridized carbons (Fsp3) is 0.407. The molecule has 0 radical (unpaired) electrons. The van der Waals surface area contributed by atoms with Crippen LogP contribution in [0.3, 0.4) is 0 Å². The molecule has 2 aromatic heterocycles. The highest BCUT2D eigenvalue weighted by molar-refractivity contribution is 5.79. The van der Waals surface area contributed by atoms with Gasteiger partial charge in [-0.25, -0.2) is 9.07 Å². The van der Waals surface area contributed by atoms with Crippen molar-refractivity contribution >= 4 is 10.9 Å². The van der Waals surface area contributed by atoms with Crippen molar-refractivity contribution in [1.29, 1.82) is 0 Å². The third-order valence-electron chi connectivity index (χ3n) is 6.17. The van der Waals surface area contributed by atoms with Crippen molar-refractivity contribution in [2.45, 2.75) is 66.2 Å². The standard InChI is InChI=1S/C27H33FN6O/c1-17(2)24(25-30-31-32-34(25)27(4,5)6)33(15-19-8-11-22(28)12-9-19)16-21-14-20-10-7-18(3)13-23(20)29-26(21)35/h7-14,17,24H,15-16H2,1-6H3,(H,29,35). The second kappa shape index (κ2) is 9.70. The number of benzene rings is 2. The monoisotopic (exact) mass is 476 g/mol. The Labute approximate surface area is 205 Å². The lowest BCUT2D eigenvalue weighted by Crippen LogP contribution is -2.37. The number of fused-ring (bicyclic) bond motifs is 1. The van der Waals surface area contributed by atoms with Crippen LogP contribution in [0.4, 0.5) is 4.39 Å². The van der Waals surface area contributed by atoms with E-state index < -0.39 is 0 Å². The molecule has 1 atom stereocenters. The molecule has 0 fully saturated rings. The molecule has 4 rings (SSSR count). The van der Waals surface area contributed by atoms with E-state index in [1.54, 1.807) is 12.1 Å². The van der Waals surface area contributed by atoms with Gasteiger partial charge in [0.2, 0.25) is 0 Å². The minimum atomic E-state index is -0.314. The molecule has 0 amide bonds. The Morgan fingerprint density at radius 2 is 1.77 bits per heavy atom.